The molecule has 2 N–H and O–H groups in total. The summed E-state index contributed by atoms with van der Waals surface area (Å²) in [5.74, 6) is -0.0252. The number of aliphatic hydroxyl groups excluding tert-OH is 1. The first-order valence-corrected chi connectivity index (χ1v) is 11.1. The molecule has 0 unspecified atom stereocenters. The molecule has 1 atom stereocenters. The molecule has 34 heavy (non-hydrogen) atoms. The van der Waals surface area contributed by atoms with Crippen LogP contribution >= 0.6 is 0 Å². The van der Waals surface area contributed by atoms with Crippen LogP contribution in [0, 0.1) is 5.82 Å². The van der Waals surface area contributed by atoms with Gasteiger partial charge < -0.3 is 20.1 Å². The molecular weight excluding hydrogens is 435 g/mol. The Labute approximate surface area is 198 Å². The number of hydrogen-bond donors (Lipinski definition) is 2. The molecule has 0 aliphatic heterocycles. The van der Waals surface area contributed by atoms with Gasteiger partial charge in [0, 0.05) is 54.9 Å². The molecule has 0 spiro atoms. The molecule has 0 saturated heterocycles. The standard InChI is InChI=1S/C25H29FN6O2/c1-16(2)27-12-21(33)15-32(20-7-18(26)8-22(9-20)34-4)19-5-6-23-24(10-19)30-25(13-28-23)17-11-29-31(3)14-17/h5-11,13-14,16,21,27,33H,12,15H2,1-4H3/t21-/m0/s1. The normalized spacial score (nSPS) is 12.3. The molecule has 9 heteroatoms. The fourth-order valence-corrected chi connectivity index (χ4v) is 3.69. The Morgan fingerprint density at radius 3 is 2.65 bits per heavy atom. The van der Waals surface area contributed by atoms with Gasteiger partial charge in [-0.25, -0.2) is 9.37 Å². The van der Waals surface area contributed by atoms with Crippen LogP contribution < -0.4 is 15.0 Å². The Bertz CT molecular complexity index is 1280. The van der Waals surface area contributed by atoms with Crippen molar-refractivity contribution in [3.05, 3.63) is 60.8 Å². The lowest BCUT2D eigenvalue weighted by Gasteiger charge is -2.28. The fourth-order valence-electron chi connectivity index (χ4n) is 3.69. The lowest BCUT2D eigenvalue weighted by molar-refractivity contribution is 0.176. The van der Waals surface area contributed by atoms with Gasteiger partial charge in [-0.1, -0.05) is 13.8 Å². The molecule has 0 fully saturated rings. The number of methoxy groups -OCH3 is 1. The topological polar surface area (TPSA) is 88.3 Å². The highest BCUT2D eigenvalue weighted by Crippen LogP contribution is 2.32. The van der Waals surface area contributed by atoms with Crippen molar-refractivity contribution in [2.75, 3.05) is 25.1 Å². The van der Waals surface area contributed by atoms with E-state index < -0.39 is 11.9 Å². The third-order valence-electron chi connectivity index (χ3n) is 5.40. The second-order valence-corrected chi connectivity index (χ2v) is 8.51. The van der Waals surface area contributed by atoms with Crippen LogP contribution in [0.25, 0.3) is 22.3 Å². The number of aromatic nitrogens is 4. The van der Waals surface area contributed by atoms with Gasteiger partial charge in [-0.3, -0.25) is 9.67 Å². The molecule has 0 amide bonds. The highest BCUT2D eigenvalue weighted by Gasteiger charge is 2.18. The molecule has 0 radical (unpaired) electrons. The Morgan fingerprint density at radius 1 is 1.12 bits per heavy atom. The Hall–Kier alpha value is -3.56. The monoisotopic (exact) mass is 464 g/mol. The highest BCUT2D eigenvalue weighted by atomic mass is 19.1. The van der Waals surface area contributed by atoms with Gasteiger partial charge in [-0.2, -0.15) is 5.10 Å². The summed E-state index contributed by atoms with van der Waals surface area (Å²) in [6.45, 7) is 4.68. The van der Waals surface area contributed by atoms with Crippen molar-refractivity contribution >= 4 is 22.4 Å². The summed E-state index contributed by atoms with van der Waals surface area (Å²) in [6, 6.07) is 10.4. The second kappa shape index (κ2) is 10.1. The largest absolute Gasteiger partial charge is 0.497 e. The van der Waals surface area contributed by atoms with Crippen LogP contribution in [0.1, 0.15) is 13.8 Å². The molecule has 2 aromatic carbocycles. The van der Waals surface area contributed by atoms with Gasteiger partial charge in [-0.05, 0) is 24.3 Å². The van der Waals surface area contributed by atoms with Crippen molar-refractivity contribution in [3.8, 4) is 17.0 Å². The van der Waals surface area contributed by atoms with Crippen molar-refractivity contribution in [1.29, 1.82) is 0 Å². The third kappa shape index (κ3) is 5.49. The number of rotatable bonds is 9. The summed E-state index contributed by atoms with van der Waals surface area (Å²) >= 11 is 0. The lowest BCUT2D eigenvalue weighted by Crippen LogP contribution is -2.38. The van der Waals surface area contributed by atoms with Crippen molar-refractivity contribution < 1.29 is 14.2 Å². The number of fused-ring (bicyclic) bond motifs is 1. The van der Waals surface area contributed by atoms with E-state index >= 15 is 0 Å². The van der Waals surface area contributed by atoms with Gasteiger partial charge in [0.05, 0.1) is 48.9 Å². The van der Waals surface area contributed by atoms with E-state index in [-0.39, 0.29) is 12.6 Å². The minimum atomic E-state index is -0.694. The number of halogens is 1. The van der Waals surface area contributed by atoms with E-state index in [0.29, 0.717) is 29.2 Å². The number of anilines is 2. The molecule has 4 rings (SSSR count). The maximum Gasteiger partial charge on any atom is 0.128 e. The van der Waals surface area contributed by atoms with E-state index in [0.717, 1.165) is 16.8 Å². The van der Waals surface area contributed by atoms with E-state index in [1.165, 1.54) is 19.2 Å². The zero-order valence-electron chi connectivity index (χ0n) is 19.7. The maximum absolute atomic E-state index is 14.4. The molecule has 0 bridgehead atoms. The summed E-state index contributed by atoms with van der Waals surface area (Å²) in [4.78, 5) is 11.2. The van der Waals surface area contributed by atoms with E-state index in [1.54, 1.807) is 23.1 Å². The predicted octanol–water partition coefficient (Wildman–Crippen LogP) is 3.68. The Morgan fingerprint density at radius 2 is 1.94 bits per heavy atom. The lowest BCUT2D eigenvalue weighted by atomic mass is 10.1. The van der Waals surface area contributed by atoms with Crippen molar-refractivity contribution in [3.63, 3.8) is 0 Å². The number of aryl methyl sites for hydroxylation is 1. The molecule has 4 aromatic rings. The van der Waals surface area contributed by atoms with Crippen molar-refractivity contribution in [1.82, 2.24) is 25.1 Å². The molecule has 0 saturated carbocycles. The van der Waals surface area contributed by atoms with Crippen LogP contribution in [0.5, 0.6) is 5.75 Å². The zero-order valence-corrected chi connectivity index (χ0v) is 19.7. The second-order valence-electron chi connectivity index (χ2n) is 8.51. The van der Waals surface area contributed by atoms with Gasteiger partial charge in [0.25, 0.3) is 0 Å². The Balaban J connectivity index is 1.74. The number of hydrogen-bond acceptors (Lipinski definition) is 7. The first-order valence-electron chi connectivity index (χ1n) is 11.1. The van der Waals surface area contributed by atoms with E-state index in [9.17, 15) is 9.50 Å². The van der Waals surface area contributed by atoms with Crippen molar-refractivity contribution in [2.24, 2.45) is 7.05 Å². The summed E-state index contributed by atoms with van der Waals surface area (Å²) in [6.07, 6.45) is 4.64. The summed E-state index contributed by atoms with van der Waals surface area (Å²) < 4.78 is 21.3. The van der Waals surface area contributed by atoms with Gasteiger partial charge in [0.15, 0.2) is 0 Å². The van der Waals surface area contributed by atoms with Crippen LogP contribution in [0.3, 0.4) is 0 Å². The first-order chi connectivity index (χ1) is 16.3. The van der Waals surface area contributed by atoms with Gasteiger partial charge >= 0.3 is 0 Å². The molecular formula is C25H29FN6O2. The van der Waals surface area contributed by atoms with Crippen molar-refractivity contribution in [2.45, 2.75) is 26.0 Å². The number of aliphatic hydroxyl groups is 1. The molecule has 2 aromatic heterocycles. The van der Waals surface area contributed by atoms with Crippen LogP contribution in [-0.2, 0) is 7.05 Å². The van der Waals surface area contributed by atoms with E-state index in [2.05, 4.69) is 15.4 Å². The van der Waals surface area contributed by atoms with Crippen LogP contribution in [-0.4, -0.2) is 57.2 Å². The average Bonchev–Trinajstić information content (AvgIpc) is 3.26. The number of ether oxygens (including phenoxy) is 1. The number of nitrogens with zero attached hydrogens (tertiary/aromatic N) is 5. The van der Waals surface area contributed by atoms with Crippen LogP contribution in [0.2, 0.25) is 0 Å². The van der Waals surface area contributed by atoms with Gasteiger partial charge in [0.1, 0.15) is 11.6 Å². The Kier molecular flexibility index (Phi) is 7.04. The molecule has 0 aliphatic carbocycles. The third-order valence-corrected chi connectivity index (χ3v) is 5.40. The fraction of sp³-hybridized carbons (Fsp3) is 0.320. The van der Waals surface area contributed by atoms with E-state index in [1.807, 2.05) is 50.2 Å². The summed E-state index contributed by atoms with van der Waals surface area (Å²) in [5, 5.41) is 18.2. The molecule has 2 heterocycles. The summed E-state index contributed by atoms with van der Waals surface area (Å²) in [5.41, 5.74) is 4.30. The smallest absolute Gasteiger partial charge is 0.128 e. The quantitative estimate of drug-likeness (QED) is 0.391. The van der Waals surface area contributed by atoms with Crippen LogP contribution in [0.15, 0.2) is 55.0 Å². The minimum Gasteiger partial charge on any atom is -0.497 e. The molecule has 0 aliphatic rings. The average molecular weight is 465 g/mol. The minimum absolute atomic E-state index is 0.235. The number of nitrogens with one attached hydrogen (secondary N) is 1. The van der Waals surface area contributed by atoms with Crippen LogP contribution in [0.4, 0.5) is 15.8 Å². The molecule has 8 nitrogen and oxygen atoms in total. The van der Waals surface area contributed by atoms with E-state index in [4.69, 9.17) is 9.72 Å². The van der Waals surface area contributed by atoms with Gasteiger partial charge in [0.2, 0.25) is 0 Å². The SMILES string of the molecule is COc1cc(F)cc(N(C[C@@H](O)CNC(C)C)c2ccc3ncc(-c4cnn(C)c4)nc3c2)c1. The predicted molar refractivity (Wildman–Crippen MR) is 131 cm³/mol. The highest BCUT2D eigenvalue weighted by molar-refractivity contribution is 5.82. The zero-order chi connectivity index (χ0) is 24.2. The molecule has 178 valence electrons. The first kappa shape index (κ1) is 23.6. The maximum atomic E-state index is 14.4. The summed E-state index contributed by atoms with van der Waals surface area (Å²) in [7, 11) is 3.34. The number of benzene rings is 2. The van der Waals surface area contributed by atoms with Gasteiger partial charge in [-0.15, -0.1) is 0 Å².